The highest BCUT2D eigenvalue weighted by molar-refractivity contribution is 4.96. The number of ether oxygens (including phenoxy) is 1. The summed E-state index contributed by atoms with van der Waals surface area (Å²) in [4.78, 5) is 0. The number of hydrogen-bond donors (Lipinski definition) is 2. The summed E-state index contributed by atoms with van der Waals surface area (Å²) in [7, 11) is 0. The van der Waals surface area contributed by atoms with E-state index in [1.165, 1.54) is 0 Å². The van der Waals surface area contributed by atoms with Crippen LogP contribution >= 0.6 is 0 Å². The number of β-amino-alcohol motifs (C(OH)–C–C–N with tert-alkyl or cyclic N) is 1. The lowest BCUT2D eigenvalue weighted by Gasteiger charge is -2.22. The number of hydrogen-bond acceptors (Lipinski definition) is 4. The minimum atomic E-state index is -0.491. The topological polar surface area (TPSA) is 54.6 Å². The molecule has 1 unspecified atom stereocenters. The van der Waals surface area contributed by atoms with Gasteiger partial charge >= 0.3 is 0 Å². The molecule has 1 aromatic rings. The van der Waals surface area contributed by atoms with Crippen LogP contribution in [-0.2, 0) is 11.3 Å². The fourth-order valence-corrected chi connectivity index (χ4v) is 1.17. The first-order valence-electron chi connectivity index (χ1n) is 5.50. The van der Waals surface area contributed by atoms with Gasteiger partial charge in [-0.1, -0.05) is 0 Å². The van der Waals surface area contributed by atoms with Crippen LogP contribution in [0.2, 0.25) is 0 Å². The molecule has 0 aliphatic rings. The standard InChI is InChI=1S/C12H21NO3/c1-12(2,3)13-7-10(14)8-15-9-11-5-4-6-16-11/h4-6,10,13-14H,7-9H2,1-3H3. The molecule has 0 spiro atoms. The molecule has 2 N–H and O–H groups in total. The summed E-state index contributed by atoms with van der Waals surface area (Å²) in [5.74, 6) is 0.774. The number of aliphatic hydroxyl groups excluding tert-OH is 1. The molecule has 4 nitrogen and oxygen atoms in total. The third kappa shape index (κ3) is 5.90. The minimum absolute atomic E-state index is 0.0159. The van der Waals surface area contributed by atoms with Gasteiger partial charge in [-0.05, 0) is 32.9 Å². The van der Waals surface area contributed by atoms with Gasteiger partial charge in [0.15, 0.2) is 0 Å². The van der Waals surface area contributed by atoms with Crippen LogP contribution in [0.4, 0.5) is 0 Å². The molecule has 0 aliphatic carbocycles. The lowest BCUT2D eigenvalue weighted by atomic mass is 10.1. The van der Waals surface area contributed by atoms with Gasteiger partial charge in [0.2, 0.25) is 0 Å². The summed E-state index contributed by atoms with van der Waals surface area (Å²) >= 11 is 0. The first kappa shape index (κ1) is 13.2. The van der Waals surface area contributed by atoms with Crippen LogP contribution in [0.25, 0.3) is 0 Å². The second-order valence-corrected chi connectivity index (χ2v) is 4.88. The fraction of sp³-hybridized carbons (Fsp3) is 0.667. The van der Waals surface area contributed by atoms with Crippen molar-refractivity contribution in [3.8, 4) is 0 Å². The van der Waals surface area contributed by atoms with Crippen molar-refractivity contribution < 1.29 is 14.3 Å². The van der Waals surface area contributed by atoms with Crippen molar-refractivity contribution in [3.63, 3.8) is 0 Å². The number of aliphatic hydroxyl groups is 1. The molecule has 0 aromatic carbocycles. The molecular weight excluding hydrogens is 206 g/mol. The van der Waals surface area contributed by atoms with Gasteiger partial charge in [0.1, 0.15) is 12.4 Å². The van der Waals surface area contributed by atoms with Crippen molar-refractivity contribution in [3.05, 3.63) is 24.2 Å². The first-order chi connectivity index (χ1) is 7.47. The zero-order valence-electron chi connectivity index (χ0n) is 10.2. The van der Waals surface area contributed by atoms with Gasteiger partial charge in [-0.15, -0.1) is 0 Å². The van der Waals surface area contributed by atoms with E-state index in [0.717, 1.165) is 5.76 Å². The average Bonchev–Trinajstić information content (AvgIpc) is 2.66. The average molecular weight is 227 g/mol. The third-order valence-electron chi connectivity index (χ3n) is 2.00. The van der Waals surface area contributed by atoms with E-state index >= 15 is 0 Å². The van der Waals surface area contributed by atoms with Crippen molar-refractivity contribution in [1.29, 1.82) is 0 Å². The Bertz CT molecular complexity index is 277. The lowest BCUT2D eigenvalue weighted by Crippen LogP contribution is -2.42. The van der Waals surface area contributed by atoms with Gasteiger partial charge in [0.05, 0.1) is 19.0 Å². The molecule has 92 valence electrons. The monoisotopic (exact) mass is 227 g/mol. The summed E-state index contributed by atoms with van der Waals surface area (Å²) in [6.45, 7) is 7.42. The van der Waals surface area contributed by atoms with Crippen LogP contribution in [0, 0.1) is 0 Å². The Balaban J connectivity index is 2.09. The van der Waals surface area contributed by atoms with Crippen molar-refractivity contribution in [2.45, 2.75) is 39.0 Å². The van der Waals surface area contributed by atoms with Crippen molar-refractivity contribution in [2.24, 2.45) is 0 Å². The van der Waals surface area contributed by atoms with Crippen LogP contribution in [0.15, 0.2) is 22.8 Å². The summed E-state index contributed by atoms with van der Waals surface area (Å²) < 4.78 is 10.4. The maximum atomic E-state index is 9.62. The molecule has 4 heteroatoms. The highest BCUT2D eigenvalue weighted by Crippen LogP contribution is 2.02. The normalized spacial score (nSPS) is 14.0. The molecule has 0 bridgehead atoms. The molecule has 0 aliphatic heterocycles. The van der Waals surface area contributed by atoms with Crippen molar-refractivity contribution in [2.75, 3.05) is 13.2 Å². The van der Waals surface area contributed by atoms with Gasteiger partial charge in [-0.25, -0.2) is 0 Å². The zero-order valence-corrected chi connectivity index (χ0v) is 10.2. The van der Waals surface area contributed by atoms with Gasteiger partial charge in [-0.3, -0.25) is 0 Å². The summed E-state index contributed by atoms with van der Waals surface area (Å²) in [6, 6.07) is 3.66. The van der Waals surface area contributed by atoms with Crippen molar-refractivity contribution in [1.82, 2.24) is 5.32 Å². The van der Waals surface area contributed by atoms with Gasteiger partial charge in [0.25, 0.3) is 0 Å². The molecule has 0 fully saturated rings. The summed E-state index contributed by atoms with van der Waals surface area (Å²) in [5, 5.41) is 12.8. The van der Waals surface area contributed by atoms with E-state index in [-0.39, 0.29) is 5.54 Å². The van der Waals surface area contributed by atoms with Gasteiger partial charge in [0, 0.05) is 12.1 Å². The van der Waals surface area contributed by atoms with Gasteiger partial charge in [-0.2, -0.15) is 0 Å². The molecule has 16 heavy (non-hydrogen) atoms. The highest BCUT2D eigenvalue weighted by Gasteiger charge is 2.12. The van der Waals surface area contributed by atoms with Gasteiger partial charge < -0.3 is 19.6 Å². The Morgan fingerprint density at radius 3 is 2.81 bits per heavy atom. The van der Waals surface area contributed by atoms with Crippen LogP contribution < -0.4 is 5.32 Å². The minimum Gasteiger partial charge on any atom is -0.467 e. The second kappa shape index (κ2) is 6.03. The Labute approximate surface area is 96.6 Å². The first-order valence-corrected chi connectivity index (χ1v) is 5.50. The number of furan rings is 1. The van der Waals surface area contributed by atoms with E-state index < -0.39 is 6.10 Å². The molecule has 0 saturated heterocycles. The smallest absolute Gasteiger partial charge is 0.129 e. The van der Waals surface area contributed by atoms with Crippen LogP contribution in [0.3, 0.4) is 0 Å². The lowest BCUT2D eigenvalue weighted by molar-refractivity contribution is 0.0202. The van der Waals surface area contributed by atoms with Crippen LogP contribution in [0.1, 0.15) is 26.5 Å². The predicted molar refractivity (Wildman–Crippen MR) is 62.1 cm³/mol. The van der Waals surface area contributed by atoms with E-state index in [1.807, 2.05) is 12.1 Å². The predicted octanol–water partition coefficient (Wildman–Crippen LogP) is 1.55. The largest absolute Gasteiger partial charge is 0.467 e. The molecule has 1 aromatic heterocycles. The maximum Gasteiger partial charge on any atom is 0.129 e. The van der Waals surface area contributed by atoms with E-state index in [1.54, 1.807) is 6.26 Å². The Kier molecular flexibility index (Phi) is 4.99. The van der Waals surface area contributed by atoms with Crippen LogP contribution in [0.5, 0.6) is 0 Å². The second-order valence-electron chi connectivity index (χ2n) is 4.88. The maximum absolute atomic E-state index is 9.62. The van der Waals surface area contributed by atoms with E-state index in [0.29, 0.717) is 19.8 Å². The Morgan fingerprint density at radius 1 is 1.50 bits per heavy atom. The molecule has 1 atom stereocenters. The summed E-state index contributed by atoms with van der Waals surface area (Å²) in [5.41, 5.74) is 0.0159. The van der Waals surface area contributed by atoms with Crippen molar-refractivity contribution >= 4 is 0 Å². The molecule has 0 saturated carbocycles. The molecule has 0 amide bonds. The Morgan fingerprint density at radius 2 is 2.25 bits per heavy atom. The molecular formula is C12H21NO3. The molecule has 0 radical (unpaired) electrons. The zero-order chi connectivity index (χ0) is 12.0. The SMILES string of the molecule is CC(C)(C)NCC(O)COCc1ccco1. The Hall–Kier alpha value is -0.840. The van der Waals surface area contributed by atoms with E-state index in [2.05, 4.69) is 26.1 Å². The summed E-state index contributed by atoms with van der Waals surface area (Å²) in [6.07, 6.45) is 1.12. The van der Waals surface area contributed by atoms with Crippen LogP contribution in [-0.4, -0.2) is 29.9 Å². The highest BCUT2D eigenvalue weighted by atomic mass is 16.5. The quantitative estimate of drug-likeness (QED) is 0.774. The van der Waals surface area contributed by atoms with E-state index in [4.69, 9.17) is 9.15 Å². The number of nitrogens with one attached hydrogen (secondary N) is 1. The number of rotatable bonds is 6. The molecule has 1 heterocycles. The fourth-order valence-electron chi connectivity index (χ4n) is 1.17. The van der Waals surface area contributed by atoms with E-state index in [9.17, 15) is 5.11 Å². The molecule has 1 rings (SSSR count). The third-order valence-corrected chi connectivity index (χ3v) is 2.00.